The quantitative estimate of drug-likeness (QED) is 0.898. The Morgan fingerprint density at radius 1 is 1.00 bits per heavy atom. The van der Waals surface area contributed by atoms with Gasteiger partial charge >= 0.3 is 6.09 Å². The monoisotopic (exact) mass is 367 g/mol. The highest BCUT2D eigenvalue weighted by atomic mass is 16.5. The first-order chi connectivity index (χ1) is 13.1. The number of carbonyl (C=O) groups excluding carboxylic acids is 2. The van der Waals surface area contributed by atoms with Gasteiger partial charge in [0.05, 0.1) is 6.61 Å². The maximum absolute atomic E-state index is 12.7. The van der Waals surface area contributed by atoms with Gasteiger partial charge in [0.1, 0.15) is 0 Å². The molecule has 1 saturated heterocycles. The average Bonchev–Trinajstić information content (AvgIpc) is 2.69. The third-order valence-corrected chi connectivity index (χ3v) is 4.68. The smallest absolute Gasteiger partial charge is 0.411 e. The molecule has 0 spiro atoms. The molecule has 0 radical (unpaired) electrons. The zero-order chi connectivity index (χ0) is 19.2. The predicted molar refractivity (Wildman–Crippen MR) is 106 cm³/mol. The van der Waals surface area contributed by atoms with Crippen LogP contribution in [0.15, 0.2) is 48.5 Å². The van der Waals surface area contributed by atoms with Gasteiger partial charge in [0.2, 0.25) is 0 Å². The molecule has 3 rings (SSSR count). The fraction of sp³-hybridized carbons (Fsp3) is 0.333. The fourth-order valence-electron chi connectivity index (χ4n) is 3.23. The Morgan fingerprint density at radius 2 is 1.67 bits per heavy atom. The Bertz CT molecular complexity index is 797. The van der Waals surface area contributed by atoms with Gasteiger partial charge in [0.25, 0.3) is 5.91 Å². The minimum atomic E-state index is -0.496. The molecule has 2 amide bonds. The number of aryl methyl sites for hydroxylation is 1. The van der Waals surface area contributed by atoms with Gasteiger partial charge < -0.3 is 14.5 Å². The number of anilines is 2. The molecular weight excluding hydrogens is 342 g/mol. The van der Waals surface area contributed by atoms with Crippen molar-refractivity contribution in [1.82, 2.24) is 4.90 Å². The zero-order valence-corrected chi connectivity index (χ0v) is 15.8. The van der Waals surface area contributed by atoms with Gasteiger partial charge in [-0.15, -0.1) is 0 Å². The summed E-state index contributed by atoms with van der Waals surface area (Å²) in [6.07, 6.45) is -0.496. The van der Waals surface area contributed by atoms with Gasteiger partial charge in [-0.3, -0.25) is 10.1 Å². The van der Waals surface area contributed by atoms with Crippen LogP contribution in [0.4, 0.5) is 16.2 Å². The van der Waals surface area contributed by atoms with E-state index < -0.39 is 6.09 Å². The fourth-order valence-corrected chi connectivity index (χ4v) is 3.23. The molecule has 1 aliphatic rings. The molecule has 0 atom stereocenters. The van der Waals surface area contributed by atoms with Crippen molar-refractivity contribution < 1.29 is 14.3 Å². The molecule has 27 heavy (non-hydrogen) atoms. The van der Waals surface area contributed by atoms with Gasteiger partial charge in [-0.25, -0.2) is 4.79 Å². The van der Waals surface area contributed by atoms with Crippen LogP contribution < -0.4 is 10.2 Å². The van der Waals surface area contributed by atoms with Gasteiger partial charge in [0.15, 0.2) is 0 Å². The summed E-state index contributed by atoms with van der Waals surface area (Å²) in [6.45, 7) is 7.19. The van der Waals surface area contributed by atoms with Gasteiger partial charge in [0, 0.05) is 43.1 Å². The maximum Gasteiger partial charge on any atom is 0.411 e. The molecule has 142 valence electrons. The molecule has 0 aromatic heterocycles. The Balaban J connectivity index is 1.57. The Morgan fingerprint density at radius 3 is 2.30 bits per heavy atom. The van der Waals surface area contributed by atoms with Crippen molar-refractivity contribution in [2.75, 3.05) is 43.0 Å². The molecule has 1 aliphatic heterocycles. The largest absolute Gasteiger partial charge is 0.450 e. The molecule has 1 fully saturated rings. The van der Waals surface area contributed by atoms with E-state index in [2.05, 4.69) is 29.3 Å². The van der Waals surface area contributed by atoms with Gasteiger partial charge in [-0.05, 0) is 49.7 Å². The highest BCUT2D eigenvalue weighted by molar-refractivity contribution is 5.95. The van der Waals surface area contributed by atoms with Crippen LogP contribution in [0, 0.1) is 6.92 Å². The lowest BCUT2D eigenvalue weighted by Gasteiger charge is -2.36. The maximum atomic E-state index is 12.7. The molecule has 6 nitrogen and oxygen atoms in total. The summed E-state index contributed by atoms with van der Waals surface area (Å²) in [4.78, 5) is 28.4. The minimum Gasteiger partial charge on any atom is -0.450 e. The van der Waals surface area contributed by atoms with Crippen LogP contribution in [0.1, 0.15) is 22.8 Å². The number of hydrogen-bond donors (Lipinski definition) is 1. The molecule has 0 aliphatic carbocycles. The SMILES string of the molecule is CCOC(=O)Nc1ccc(C(=O)N2CCN(c3ccccc3C)CC2)cc1. The van der Waals surface area contributed by atoms with Gasteiger partial charge in [-0.1, -0.05) is 18.2 Å². The van der Waals surface area contributed by atoms with E-state index in [0.29, 0.717) is 30.9 Å². The number of benzene rings is 2. The van der Waals surface area contributed by atoms with E-state index in [-0.39, 0.29) is 5.91 Å². The van der Waals surface area contributed by atoms with E-state index in [1.54, 1.807) is 31.2 Å². The lowest BCUT2D eigenvalue weighted by molar-refractivity contribution is 0.0747. The first kappa shape index (κ1) is 18.8. The van der Waals surface area contributed by atoms with Crippen molar-refractivity contribution in [2.45, 2.75) is 13.8 Å². The number of ether oxygens (including phenoxy) is 1. The van der Waals surface area contributed by atoms with Crippen LogP contribution in [0.5, 0.6) is 0 Å². The van der Waals surface area contributed by atoms with Crippen LogP contribution >= 0.6 is 0 Å². The highest BCUT2D eigenvalue weighted by Gasteiger charge is 2.22. The molecule has 2 aromatic carbocycles. The molecular formula is C21H25N3O3. The number of rotatable bonds is 4. The van der Waals surface area contributed by atoms with E-state index in [9.17, 15) is 9.59 Å². The lowest BCUT2D eigenvalue weighted by atomic mass is 10.1. The van der Waals surface area contributed by atoms with Crippen LogP contribution in [0.25, 0.3) is 0 Å². The topological polar surface area (TPSA) is 61.9 Å². The van der Waals surface area contributed by atoms with E-state index in [1.807, 2.05) is 17.0 Å². The highest BCUT2D eigenvalue weighted by Crippen LogP contribution is 2.21. The number of amides is 2. The van der Waals surface area contributed by atoms with Crippen LogP contribution in [-0.4, -0.2) is 49.7 Å². The second-order valence-electron chi connectivity index (χ2n) is 6.49. The number of nitrogens with zero attached hydrogens (tertiary/aromatic N) is 2. The predicted octanol–water partition coefficient (Wildman–Crippen LogP) is 3.53. The first-order valence-corrected chi connectivity index (χ1v) is 9.22. The Kier molecular flexibility index (Phi) is 5.96. The van der Waals surface area contributed by atoms with E-state index in [1.165, 1.54) is 11.3 Å². The number of hydrogen-bond acceptors (Lipinski definition) is 4. The van der Waals surface area contributed by atoms with Crippen LogP contribution in [-0.2, 0) is 4.74 Å². The summed E-state index contributed by atoms with van der Waals surface area (Å²) in [6, 6.07) is 15.2. The van der Waals surface area contributed by atoms with E-state index in [4.69, 9.17) is 4.74 Å². The lowest BCUT2D eigenvalue weighted by Crippen LogP contribution is -2.49. The third-order valence-electron chi connectivity index (χ3n) is 4.68. The molecule has 6 heteroatoms. The first-order valence-electron chi connectivity index (χ1n) is 9.22. The molecule has 0 bridgehead atoms. The summed E-state index contributed by atoms with van der Waals surface area (Å²) in [5.74, 6) is 0.0159. The summed E-state index contributed by atoms with van der Waals surface area (Å²) >= 11 is 0. The molecule has 0 saturated carbocycles. The normalized spacial score (nSPS) is 14.0. The second-order valence-corrected chi connectivity index (χ2v) is 6.49. The zero-order valence-electron chi connectivity index (χ0n) is 15.8. The van der Waals surface area contributed by atoms with E-state index in [0.717, 1.165) is 13.1 Å². The Hall–Kier alpha value is -3.02. The Labute approximate surface area is 159 Å². The molecule has 2 aromatic rings. The third kappa shape index (κ3) is 4.58. The van der Waals surface area contributed by atoms with Crippen molar-refractivity contribution >= 4 is 23.4 Å². The average molecular weight is 367 g/mol. The number of para-hydroxylation sites is 1. The number of carbonyl (C=O) groups is 2. The summed E-state index contributed by atoms with van der Waals surface area (Å²) in [7, 11) is 0. The van der Waals surface area contributed by atoms with Crippen molar-refractivity contribution in [2.24, 2.45) is 0 Å². The summed E-state index contributed by atoms with van der Waals surface area (Å²) in [5, 5.41) is 2.63. The van der Waals surface area contributed by atoms with Crippen molar-refractivity contribution in [3.63, 3.8) is 0 Å². The van der Waals surface area contributed by atoms with Crippen LogP contribution in [0.3, 0.4) is 0 Å². The van der Waals surface area contributed by atoms with Crippen molar-refractivity contribution in [3.05, 3.63) is 59.7 Å². The molecule has 1 heterocycles. The molecule has 0 unspecified atom stereocenters. The summed E-state index contributed by atoms with van der Waals surface area (Å²) in [5.41, 5.74) is 3.71. The van der Waals surface area contributed by atoms with E-state index >= 15 is 0 Å². The second kappa shape index (κ2) is 8.58. The number of nitrogens with one attached hydrogen (secondary N) is 1. The minimum absolute atomic E-state index is 0.0159. The van der Waals surface area contributed by atoms with Gasteiger partial charge in [-0.2, -0.15) is 0 Å². The standard InChI is InChI=1S/C21H25N3O3/c1-3-27-21(26)22-18-10-8-17(9-11-18)20(25)24-14-12-23(13-15-24)19-7-5-4-6-16(19)2/h4-11H,3,12-15H2,1-2H3,(H,22,26). The van der Waals surface area contributed by atoms with Crippen LogP contribution in [0.2, 0.25) is 0 Å². The molecule has 1 N–H and O–H groups in total. The van der Waals surface area contributed by atoms with Crippen molar-refractivity contribution in [1.29, 1.82) is 0 Å². The summed E-state index contributed by atoms with van der Waals surface area (Å²) < 4.78 is 4.84. The van der Waals surface area contributed by atoms with Crippen molar-refractivity contribution in [3.8, 4) is 0 Å². The number of piperazine rings is 1.